The summed E-state index contributed by atoms with van der Waals surface area (Å²) < 4.78 is 0. The summed E-state index contributed by atoms with van der Waals surface area (Å²) in [7, 11) is 0. The molecule has 0 aromatic carbocycles. The molecule has 1 atom stereocenters. The van der Waals surface area contributed by atoms with Crippen LogP contribution >= 0.6 is 36.6 Å². The third-order valence-electron chi connectivity index (χ3n) is 4.10. The maximum Gasteiger partial charge on any atom is 0.240 e. The Hall–Kier alpha value is 0.320. The highest BCUT2D eigenvalue weighted by Gasteiger charge is 2.38. The van der Waals surface area contributed by atoms with Gasteiger partial charge in [-0.3, -0.25) is 9.69 Å². The molecule has 7 heteroatoms. The van der Waals surface area contributed by atoms with Gasteiger partial charge in [0, 0.05) is 37.7 Å². The molecule has 0 radical (unpaired) electrons. The van der Waals surface area contributed by atoms with Gasteiger partial charge in [0.1, 0.15) is 0 Å². The van der Waals surface area contributed by atoms with Crippen LogP contribution in [0.1, 0.15) is 26.2 Å². The van der Waals surface area contributed by atoms with Crippen molar-refractivity contribution >= 4 is 42.5 Å². The standard InChI is InChI=1S/C13H25N3OS.2ClH/c1-2-13(4-3-5-15-13)12(17)14-6-7-16-8-10-18-11-9-16;;/h15H,2-11H2,1H3,(H,14,17);2*1H. The number of carbonyl (C=O) groups excluding carboxylic acids is 1. The number of halogens is 2. The van der Waals surface area contributed by atoms with E-state index in [1.54, 1.807) is 0 Å². The SMILES string of the molecule is CCC1(C(=O)NCCN2CCSCC2)CCCN1.Cl.Cl. The predicted octanol–water partition coefficient (Wildman–Crippen LogP) is 1.53. The van der Waals surface area contributed by atoms with Crippen molar-refractivity contribution < 1.29 is 4.79 Å². The Labute approximate surface area is 139 Å². The molecule has 0 bridgehead atoms. The topological polar surface area (TPSA) is 44.4 Å². The van der Waals surface area contributed by atoms with Gasteiger partial charge in [-0.2, -0.15) is 11.8 Å². The summed E-state index contributed by atoms with van der Waals surface area (Å²) >= 11 is 2.02. The van der Waals surface area contributed by atoms with Crippen molar-refractivity contribution in [1.29, 1.82) is 0 Å². The van der Waals surface area contributed by atoms with Crippen LogP contribution < -0.4 is 10.6 Å². The fourth-order valence-corrected chi connectivity index (χ4v) is 3.76. The average Bonchev–Trinajstić information content (AvgIpc) is 2.90. The minimum absolute atomic E-state index is 0. The molecule has 2 saturated heterocycles. The predicted molar refractivity (Wildman–Crippen MR) is 91.5 cm³/mol. The Balaban J connectivity index is 0.00000180. The largest absolute Gasteiger partial charge is 0.353 e. The Bertz CT molecular complexity index is 283. The lowest BCUT2D eigenvalue weighted by Gasteiger charge is -2.29. The van der Waals surface area contributed by atoms with Crippen LogP contribution in [0.3, 0.4) is 0 Å². The van der Waals surface area contributed by atoms with Gasteiger partial charge in [0.2, 0.25) is 5.91 Å². The Kier molecular flexibility index (Phi) is 10.3. The molecule has 2 aliphatic heterocycles. The third kappa shape index (κ3) is 5.26. The first-order valence-electron chi connectivity index (χ1n) is 7.10. The van der Waals surface area contributed by atoms with Crippen LogP contribution in [0.25, 0.3) is 0 Å². The van der Waals surface area contributed by atoms with E-state index in [0.29, 0.717) is 0 Å². The molecule has 0 spiro atoms. The van der Waals surface area contributed by atoms with Gasteiger partial charge in [-0.25, -0.2) is 0 Å². The molecule has 1 unspecified atom stereocenters. The minimum Gasteiger partial charge on any atom is -0.353 e. The Morgan fingerprint density at radius 1 is 1.35 bits per heavy atom. The maximum atomic E-state index is 12.2. The van der Waals surface area contributed by atoms with E-state index in [9.17, 15) is 4.79 Å². The van der Waals surface area contributed by atoms with Crippen molar-refractivity contribution in [2.24, 2.45) is 0 Å². The van der Waals surface area contributed by atoms with E-state index in [-0.39, 0.29) is 36.3 Å². The smallest absolute Gasteiger partial charge is 0.240 e. The number of rotatable bonds is 5. The van der Waals surface area contributed by atoms with Crippen molar-refractivity contribution in [2.75, 3.05) is 44.2 Å². The van der Waals surface area contributed by atoms with Crippen LogP contribution in [0, 0.1) is 0 Å². The molecule has 0 saturated carbocycles. The number of nitrogens with zero attached hydrogens (tertiary/aromatic N) is 1. The summed E-state index contributed by atoms with van der Waals surface area (Å²) in [4.78, 5) is 14.7. The summed E-state index contributed by atoms with van der Waals surface area (Å²) in [5.41, 5.74) is -0.280. The fraction of sp³-hybridized carbons (Fsp3) is 0.923. The fourth-order valence-electron chi connectivity index (χ4n) is 2.78. The van der Waals surface area contributed by atoms with Gasteiger partial charge >= 0.3 is 0 Å². The number of amides is 1. The highest BCUT2D eigenvalue weighted by molar-refractivity contribution is 7.99. The van der Waals surface area contributed by atoms with E-state index < -0.39 is 0 Å². The van der Waals surface area contributed by atoms with E-state index in [0.717, 1.165) is 52.0 Å². The second kappa shape index (κ2) is 10.1. The van der Waals surface area contributed by atoms with Crippen molar-refractivity contribution in [2.45, 2.75) is 31.7 Å². The second-order valence-corrected chi connectivity index (χ2v) is 6.40. The molecule has 4 nitrogen and oxygen atoms in total. The molecule has 2 N–H and O–H groups in total. The number of carbonyl (C=O) groups is 1. The summed E-state index contributed by atoms with van der Waals surface area (Å²) in [6.07, 6.45) is 2.99. The van der Waals surface area contributed by atoms with E-state index in [1.165, 1.54) is 11.5 Å². The van der Waals surface area contributed by atoms with Gasteiger partial charge < -0.3 is 10.6 Å². The first-order chi connectivity index (χ1) is 8.77. The molecular formula is C13H27Cl2N3OS. The number of thioether (sulfide) groups is 1. The number of hydrogen-bond donors (Lipinski definition) is 2. The average molecular weight is 344 g/mol. The van der Waals surface area contributed by atoms with Crippen LogP contribution in [0.15, 0.2) is 0 Å². The van der Waals surface area contributed by atoms with Crippen molar-refractivity contribution in [3.05, 3.63) is 0 Å². The van der Waals surface area contributed by atoms with Gasteiger partial charge in [-0.15, -0.1) is 24.8 Å². The molecule has 2 aliphatic rings. The molecule has 2 rings (SSSR count). The van der Waals surface area contributed by atoms with Crippen LogP contribution in [-0.4, -0.2) is 60.6 Å². The first-order valence-corrected chi connectivity index (χ1v) is 8.26. The van der Waals surface area contributed by atoms with Crippen LogP contribution in [0.2, 0.25) is 0 Å². The number of nitrogens with one attached hydrogen (secondary N) is 2. The monoisotopic (exact) mass is 343 g/mol. The van der Waals surface area contributed by atoms with E-state index in [2.05, 4.69) is 22.5 Å². The summed E-state index contributed by atoms with van der Waals surface area (Å²) in [6, 6.07) is 0. The second-order valence-electron chi connectivity index (χ2n) is 5.18. The zero-order valence-electron chi connectivity index (χ0n) is 12.2. The molecular weight excluding hydrogens is 317 g/mol. The quantitative estimate of drug-likeness (QED) is 0.794. The molecule has 120 valence electrons. The molecule has 0 aromatic rings. The normalized spacial score (nSPS) is 26.4. The van der Waals surface area contributed by atoms with E-state index in [4.69, 9.17) is 0 Å². The Morgan fingerprint density at radius 3 is 2.60 bits per heavy atom. The van der Waals surface area contributed by atoms with Crippen LogP contribution in [0.5, 0.6) is 0 Å². The lowest BCUT2D eigenvalue weighted by molar-refractivity contribution is -0.127. The molecule has 0 aromatic heterocycles. The molecule has 20 heavy (non-hydrogen) atoms. The zero-order valence-corrected chi connectivity index (χ0v) is 14.6. The van der Waals surface area contributed by atoms with Gasteiger partial charge in [0.15, 0.2) is 0 Å². The zero-order chi connectivity index (χ0) is 12.8. The Morgan fingerprint density at radius 2 is 2.05 bits per heavy atom. The summed E-state index contributed by atoms with van der Waals surface area (Å²) in [5.74, 6) is 2.66. The van der Waals surface area contributed by atoms with Gasteiger partial charge in [0.25, 0.3) is 0 Å². The molecule has 1 amide bonds. The first kappa shape index (κ1) is 20.3. The molecule has 0 aliphatic carbocycles. The van der Waals surface area contributed by atoms with E-state index in [1.807, 2.05) is 11.8 Å². The lowest BCUT2D eigenvalue weighted by Crippen LogP contribution is -2.54. The highest BCUT2D eigenvalue weighted by Crippen LogP contribution is 2.22. The van der Waals surface area contributed by atoms with Crippen LogP contribution in [0.4, 0.5) is 0 Å². The molecule has 2 heterocycles. The number of hydrogen-bond acceptors (Lipinski definition) is 4. The van der Waals surface area contributed by atoms with Gasteiger partial charge in [0.05, 0.1) is 5.54 Å². The van der Waals surface area contributed by atoms with Crippen LogP contribution in [-0.2, 0) is 4.79 Å². The van der Waals surface area contributed by atoms with E-state index >= 15 is 0 Å². The minimum atomic E-state index is -0.280. The van der Waals surface area contributed by atoms with Crippen molar-refractivity contribution in [1.82, 2.24) is 15.5 Å². The van der Waals surface area contributed by atoms with Gasteiger partial charge in [-0.1, -0.05) is 6.92 Å². The maximum absolute atomic E-state index is 12.2. The third-order valence-corrected chi connectivity index (χ3v) is 5.04. The lowest BCUT2D eigenvalue weighted by atomic mass is 9.93. The van der Waals surface area contributed by atoms with Gasteiger partial charge in [-0.05, 0) is 25.8 Å². The molecule has 2 fully saturated rings. The van der Waals surface area contributed by atoms with Crippen molar-refractivity contribution in [3.8, 4) is 0 Å². The van der Waals surface area contributed by atoms with Crippen molar-refractivity contribution in [3.63, 3.8) is 0 Å². The summed E-state index contributed by atoms with van der Waals surface area (Å²) in [6.45, 7) is 7.18. The summed E-state index contributed by atoms with van der Waals surface area (Å²) in [5, 5.41) is 6.49. The highest BCUT2D eigenvalue weighted by atomic mass is 35.5.